The van der Waals surface area contributed by atoms with Crippen LogP contribution >= 0.6 is 0 Å². The van der Waals surface area contributed by atoms with Gasteiger partial charge in [-0.05, 0) is 18.6 Å². The van der Waals surface area contributed by atoms with Crippen LogP contribution in [0.3, 0.4) is 0 Å². The lowest BCUT2D eigenvalue weighted by Crippen LogP contribution is -2.05. The maximum absolute atomic E-state index is 11.0. The third-order valence-electron chi connectivity index (χ3n) is 1.49. The Kier molecular flexibility index (Phi) is 3.27. The van der Waals surface area contributed by atoms with Crippen LogP contribution in [-0.2, 0) is 10.2 Å². The van der Waals surface area contributed by atoms with Gasteiger partial charge in [0.1, 0.15) is 5.69 Å². The van der Waals surface area contributed by atoms with Crippen LogP contribution in [0.2, 0.25) is 0 Å². The fourth-order valence-corrected chi connectivity index (χ4v) is 0.971. The number of aromatic nitrogens is 1. The van der Waals surface area contributed by atoms with Gasteiger partial charge in [0.25, 0.3) is 0 Å². The molecule has 1 aromatic heterocycles. The summed E-state index contributed by atoms with van der Waals surface area (Å²) in [4.78, 5) is 15.1. The molecular formula is C8H8AlNO2. The Bertz CT molecular complexity index is 288. The van der Waals surface area contributed by atoms with Gasteiger partial charge in [-0.15, -0.1) is 0 Å². The summed E-state index contributed by atoms with van der Waals surface area (Å²) < 4.78 is 4.45. The predicted molar refractivity (Wildman–Crippen MR) is 44.8 cm³/mol. The fourth-order valence-electron chi connectivity index (χ4n) is 0.851. The van der Waals surface area contributed by atoms with Crippen LogP contribution in [0.15, 0.2) is 18.2 Å². The Hall–Kier alpha value is -0.848. The van der Waals surface area contributed by atoms with Crippen LogP contribution in [0.5, 0.6) is 0 Å². The summed E-state index contributed by atoms with van der Waals surface area (Å²) in [6.07, 6.45) is 0.817. The molecule has 4 heteroatoms. The summed E-state index contributed by atoms with van der Waals surface area (Å²) in [5.74, 6) is -0.421. The molecule has 1 rings (SSSR count). The van der Waals surface area contributed by atoms with Crippen molar-refractivity contribution < 1.29 is 8.58 Å². The normalized spacial score (nSPS) is 9.42. The first kappa shape index (κ1) is 9.24. The van der Waals surface area contributed by atoms with Gasteiger partial charge in [-0.2, -0.15) is 0 Å². The quantitative estimate of drug-likeness (QED) is 0.629. The summed E-state index contributed by atoms with van der Waals surface area (Å²) in [5, 5.41) is 0. The van der Waals surface area contributed by atoms with Gasteiger partial charge in [0, 0.05) is 5.69 Å². The Balaban J connectivity index is 2.93. The van der Waals surface area contributed by atoms with Gasteiger partial charge in [-0.25, -0.2) is 9.78 Å². The molecule has 0 fully saturated rings. The van der Waals surface area contributed by atoms with E-state index >= 15 is 0 Å². The third-order valence-corrected chi connectivity index (χ3v) is 1.70. The molecule has 0 saturated heterocycles. The number of nitrogens with zero attached hydrogens (tertiary/aromatic N) is 1. The average Bonchev–Trinajstić information content (AvgIpc) is 2.17. The van der Waals surface area contributed by atoms with Gasteiger partial charge >= 0.3 is 22.6 Å². The van der Waals surface area contributed by atoms with E-state index in [1.54, 1.807) is 12.1 Å². The molecule has 0 aliphatic heterocycles. The number of pyridine rings is 1. The van der Waals surface area contributed by atoms with Gasteiger partial charge < -0.3 is 3.79 Å². The Morgan fingerprint density at radius 1 is 1.67 bits per heavy atom. The molecule has 60 valence electrons. The van der Waals surface area contributed by atoms with E-state index in [2.05, 4.69) is 8.77 Å². The third kappa shape index (κ3) is 2.07. The lowest BCUT2D eigenvalue weighted by Gasteiger charge is -2.01. The van der Waals surface area contributed by atoms with E-state index in [-0.39, 0.29) is 0 Å². The highest BCUT2D eigenvalue weighted by molar-refractivity contribution is 6.08. The molecule has 0 atom stereocenters. The van der Waals surface area contributed by atoms with Crippen molar-refractivity contribution in [2.75, 3.05) is 0 Å². The largest absolute Gasteiger partial charge is 0.623 e. The van der Waals surface area contributed by atoms with Crippen molar-refractivity contribution in [2.24, 2.45) is 0 Å². The van der Waals surface area contributed by atoms with E-state index in [4.69, 9.17) is 0 Å². The van der Waals surface area contributed by atoms with E-state index in [9.17, 15) is 4.79 Å². The number of carbonyl (C=O) groups is 1. The molecule has 2 radical (unpaired) electrons. The minimum atomic E-state index is -0.421. The van der Waals surface area contributed by atoms with Crippen molar-refractivity contribution in [1.82, 2.24) is 4.98 Å². The van der Waals surface area contributed by atoms with Crippen molar-refractivity contribution in [3.8, 4) is 0 Å². The zero-order chi connectivity index (χ0) is 8.97. The number of aryl methyl sites for hydroxylation is 1. The first-order chi connectivity index (χ1) is 5.77. The van der Waals surface area contributed by atoms with E-state index in [1.165, 1.54) is 0 Å². The Labute approximate surface area is 79.5 Å². The molecule has 0 aromatic carbocycles. The molecule has 0 N–H and O–H groups in total. The molecule has 0 aliphatic rings. The molecule has 0 aliphatic carbocycles. The maximum Gasteiger partial charge on any atom is 0.485 e. The van der Waals surface area contributed by atoms with Crippen LogP contribution in [0, 0.1) is 0 Å². The van der Waals surface area contributed by atoms with Gasteiger partial charge in [-0.1, -0.05) is 13.0 Å². The first-order valence-corrected chi connectivity index (χ1v) is 4.12. The molecule has 3 nitrogen and oxygen atoms in total. The second kappa shape index (κ2) is 4.25. The SMILES string of the molecule is CCc1cccc(C(=O)[O][Al])n1. The smallest absolute Gasteiger partial charge is 0.485 e. The Morgan fingerprint density at radius 2 is 2.42 bits per heavy atom. The zero-order valence-corrected chi connectivity index (χ0v) is 7.93. The molecule has 0 bridgehead atoms. The molecule has 0 unspecified atom stereocenters. The van der Waals surface area contributed by atoms with Crippen LogP contribution in [-0.4, -0.2) is 27.6 Å². The molecule has 0 amide bonds. The highest BCUT2D eigenvalue weighted by Crippen LogP contribution is 2.00. The van der Waals surface area contributed by atoms with E-state index in [1.807, 2.05) is 29.6 Å². The predicted octanol–water partition coefficient (Wildman–Crippen LogP) is 0.884. The van der Waals surface area contributed by atoms with Gasteiger partial charge in [-0.3, -0.25) is 0 Å². The van der Waals surface area contributed by atoms with Crippen LogP contribution in [0.4, 0.5) is 0 Å². The summed E-state index contributed by atoms with van der Waals surface area (Å²) in [7, 11) is 0. The topological polar surface area (TPSA) is 39.2 Å². The van der Waals surface area contributed by atoms with E-state index in [0.717, 1.165) is 12.1 Å². The van der Waals surface area contributed by atoms with Crippen LogP contribution < -0.4 is 0 Å². The summed E-state index contributed by atoms with van der Waals surface area (Å²) in [5.41, 5.74) is 1.24. The van der Waals surface area contributed by atoms with Gasteiger partial charge in [0.05, 0.1) is 0 Å². The lowest BCUT2D eigenvalue weighted by molar-refractivity contribution is 0.0743. The maximum atomic E-state index is 11.0. The molecule has 12 heavy (non-hydrogen) atoms. The second-order valence-corrected chi connectivity index (χ2v) is 2.51. The number of carbonyl (C=O) groups excluding carboxylic acids is 1. The van der Waals surface area contributed by atoms with Crippen molar-refractivity contribution >= 4 is 22.6 Å². The number of rotatable bonds is 2. The highest BCUT2D eigenvalue weighted by Gasteiger charge is 2.04. The van der Waals surface area contributed by atoms with E-state index in [0.29, 0.717) is 5.69 Å². The molecule has 0 saturated carbocycles. The second-order valence-electron chi connectivity index (χ2n) is 2.27. The first-order valence-electron chi connectivity index (χ1n) is 3.65. The monoisotopic (exact) mass is 177 g/mol. The fraction of sp³-hybridized carbons (Fsp3) is 0.250. The summed E-state index contributed by atoms with van der Waals surface area (Å²) in [6.45, 7) is 1.98. The molecule has 1 aromatic rings. The molecule has 0 spiro atoms. The Morgan fingerprint density at radius 3 is 3.00 bits per heavy atom. The van der Waals surface area contributed by atoms with Crippen molar-refractivity contribution in [2.45, 2.75) is 13.3 Å². The summed E-state index contributed by atoms with van der Waals surface area (Å²) >= 11 is 1.91. The number of hydrogen-bond donors (Lipinski definition) is 0. The van der Waals surface area contributed by atoms with Gasteiger partial charge in [0.15, 0.2) is 0 Å². The minimum Gasteiger partial charge on any atom is -0.623 e. The van der Waals surface area contributed by atoms with Crippen LogP contribution in [0.25, 0.3) is 0 Å². The van der Waals surface area contributed by atoms with Gasteiger partial charge in [0.2, 0.25) is 0 Å². The standard InChI is InChI=1S/C8H9NO2.Al/c1-2-6-4-3-5-7(9-6)8(10)11;/h3-5H,2H2,1H3,(H,10,11);/q;+1/p-1. The molecule has 1 heterocycles. The van der Waals surface area contributed by atoms with Crippen molar-refractivity contribution in [1.29, 1.82) is 0 Å². The summed E-state index contributed by atoms with van der Waals surface area (Å²) in [6, 6.07) is 5.30. The highest BCUT2D eigenvalue weighted by atomic mass is 27.1. The number of hydrogen-bond acceptors (Lipinski definition) is 3. The van der Waals surface area contributed by atoms with E-state index < -0.39 is 5.97 Å². The van der Waals surface area contributed by atoms with Crippen LogP contribution in [0.1, 0.15) is 23.1 Å². The van der Waals surface area contributed by atoms with Crippen molar-refractivity contribution in [3.63, 3.8) is 0 Å². The van der Waals surface area contributed by atoms with Crippen molar-refractivity contribution in [3.05, 3.63) is 29.6 Å². The average molecular weight is 177 g/mol. The zero-order valence-electron chi connectivity index (χ0n) is 6.78. The molecular weight excluding hydrogens is 169 g/mol. The lowest BCUT2D eigenvalue weighted by atomic mass is 10.2. The minimum absolute atomic E-state index is 0.351.